The first-order valence-electron chi connectivity index (χ1n) is 8.85. The number of anilines is 1. The summed E-state index contributed by atoms with van der Waals surface area (Å²) in [6.07, 6.45) is 2.55. The number of rotatable bonds is 4. The van der Waals surface area contributed by atoms with Gasteiger partial charge in [-0.3, -0.25) is 9.48 Å². The van der Waals surface area contributed by atoms with E-state index in [2.05, 4.69) is 22.3 Å². The summed E-state index contributed by atoms with van der Waals surface area (Å²) in [5, 5.41) is 8.15. The Morgan fingerprint density at radius 3 is 2.67 bits per heavy atom. The zero-order valence-electron chi connectivity index (χ0n) is 15.5. The number of amides is 1. The van der Waals surface area contributed by atoms with E-state index >= 15 is 0 Å². The largest absolute Gasteiger partial charge is 0.463 e. The SMILES string of the molecule is CCc1ccc(NC(=O)c2cc(-c3ccco3)nc3c2c(C)nn3C)cc1. The van der Waals surface area contributed by atoms with E-state index in [4.69, 9.17) is 4.42 Å². The second-order valence-corrected chi connectivity index (χ2v) is 6.44. The first-order valence-corrected chi connectivity index (χ1v) is 8.85. The summed E-state index contributed by atoms with van der Waals surface area (Å²) in [6.45, 7) is 3.98. The molecule has 0 aliphatic heterocycles. The molecule has 4 rings (SSSR count). The van der Waals surface area contributed by atoms with Crippen LogP contribution in [0.2, 0.25) is 0 Å². The van der Waals surface area contributed by atoms with Crippen LogP contribution >= 0.6 is 0 Å². The summed E-state index contributed by atoms with van der Waals surface area (Å²) >= 11 is 0. The van der Waals surface area contributed by atoms with Crippen LogP contribution in [0.4, 0.5) is 5.69 Å². The summed E-state index contributed by atoms with van der Waals surface area (Å²) in [6, 6.07) is 13.2. The third-order valence-electron chi connectivity index (χ3n) is 4.61. The molecule has 1 aromatic carbocycles. The van der Waals surface area contributed by atoms with Crippen LogP contribution in [-0.4, -0.2) is 20.7 Å². The highest BCUT2D eigenvalue weighted by Crippen LogP contribution is 2.27. The third kappa shape index (κ3) is 3.10. The fourth-order valence-electron chi connectivity index (χ4n) is 3.20. The number of pyridine rings is 1. The molecule has 0 aliphatic rings. The van der Waals surface area contributed by atoms with Gasteiger partial charge in [-0.25, -0.2) is 4.98 Å². The average molecular weight is 360 g/mol. The predicted octanol–water partition coefficient (Wildman–Crippen LogP) is 4.35. The molecule has 1 N–H and O–H groups in total. The van der Waals surface area contributed by atoms with Gasteiger partial charge in [-0.1, -0.05) is 19.1 Å². The molecule has 0 spiro atoms. The number of hydrogen-bond donors (Lipinski definition) is 1. The molecule has 0 atom stereocenters. The number of nitrogens with one attached hydrogen (secondary N) is 1. The fourth-order valence-corrected chi connectivity index (χ4v) is 3.20. The zero-order chi connectivity index (χ0) is 19.0. The number of carbonyl (C=O) groups excluding carboxylic acids is 1. The Kier molecular flexibility index (Phi) is 4.24. The van der Waals surface area contributed by atoms with Gasteiger partial charge in [0.1, 0.15) is 5.69 Å². The molecule has 3 heterocycles. The Balaban J connectivity index is 1.79. The first kappa shape index (κ1) is 17.0. The Morgan fingerprint density at radius 1 is 1.22 bits per heavy atom. The summed E-state index contributed by atoms with van der Waals surface area (Å²) in [7, 11) is 1.82. The standard InChI is InChI=1S/C21H20N4O2/c1-4-14-7-9-15(10-8-14)22-21(26)16-12-17(18-6-5-11-27-18)23-20-19(16)13(2)24-25(20)3/h5-12H,4H2,1-3H3,(H,22,26). The van der Waals surface area contributed by atoms with E-state index in [1.54, 1.807) is 23.1 Å². The second kappa shape index (κ2) is 6.72. The van der Waals surface area contributed by atoms with Crippen molar-refractivity contribution in [3.8, 4) is 11.5 Å². The average Bonchev–Trinajstić information content (AvgIpc) is 3.30. The lowest BCUT2D eigenvalue weighted by Gasteiger charge is -2.09. The lowest BCUT2D eigenvalue weighted by atomic mass is 10.1. The number of hydrogen-bond acceptors (Lipinski definition) is 4. The second-order valence-electron chi connectivity index (χ2n) is 6.44. The molecule has 6 nitrogen and oxygen atoms in total. The topological polar surface area (TPSA) is 73.0 Å². The molecule has 0 radical (unpaired) electrons. The molecule has 4 aromatic rings. The van der Waals surface area contributed by atoms with Crippen LogP contribution in [0.15, 0.2) is 53.1 Å². The molecule has 0 saturated carbocycles. The molecule has 0 fully saturated rings. The number of aromatic nitrogens is 3. The number of furan rings is 1. The molecule has 0 aliphatic carbocycles. The number of fused-ring (bicyclic) bond motifs is 1. The molecule has 0 unspecified atom stereocenters. The molecular formula is C21H20N4O2. The lowest BCUT2D eigenvalue weighted by Crippen LogP contribution is -2.13. The Labute approximate surface area is 156 Å². The molecule has 0 saturated heterocycles. The molecule has 6 heteroatoms. The minimum absolute atomic E-state index is 0.199. The highest BCUT2D eigenvalue weighted by molar-refractivity contribution is 6.13. The molecular weight excluding hydrogens is 340 g/mol. The van der Waals surface area contributed by atoms with E-state index in [-0.39, 0.29) is 5.91 Å². The number of benzene rings is 1. The van der Waals surface area contributed by atoms with Gasteiger partial charge in [0.05, 0.1) is 22.9 Å². The quantitative estimate of drug-likeness (QED) is 0.587. The maximum absolute atomic E-state index is 13.1. The van der Waals surface area contributed by atoms with E-state index in [1.165, 1.54) is 5.56 Å². The smallest absolute Gasteiger partial charge is 0.256 e. The van der Waals surface area contributed by atoms with Gasteiger partial charge in [0, 0.05) is 12.7 Å². The van der Waals surface area contributed by atoms with Gasteiger partial charge < -0.3 is 9.73 Å². The van der Waals surface area contributed by atoms with Gasteiger partial charge in [0.15, 0.2) is 11.4 Å². The van der Waals surface area contributed by atoms with Crippen molar-refractivity contribution in [3.05, 3.63) is 65.5 Å². The zero-order valence-corrected chi connectivity index (χ0v) is 15.5. The van der Waals surface area contributed by atoms with Gasteiger partial charge in [0.2, 0.25) is 0 Å². The maximum atomic E-state index is 13.1. The van der Waals surface area contributed by atoms with Crippen molar-refractivity contribution in [2.45, 2.75) is 20.3 Å². The number of aryl methyl sites for hydroxylation is 3. The molecule has 3 aromatic heterocycles. The molecule has 1 amide bonds. The van der Waals surface area contributed by atoms with E-state index in [0.717, 1.165) is 23.2 Å². The van der Waals surface area contributed by atoms with Crippen LogP contribution in [0, 0.1) is 6.92 Å². The fraction of sp³-hybridized carbons (Fsp3) is 0.190. The van der Waals surface area contributed by atoms with Gasteiger partial charge in [0.25, 0.3) is 5.91 Å². The number of carbonyl (C=O) groups is 1. The molecule has 27 heavy (non-hydrogen) atoms. The van der Waals surface area contributed by atoms with Crippen LogP contribution in [0.3, 0.4) is 0 Å². The summed E-state index contributed by atoms with van der Waals surface area (Å²) in [5.41, 5.74) is 4.51. The summed E-state index contributed by atoms with van der Waals surface area (Å²) < 4.78 is 7.15. The molecule has 0 bridgehead atoms. The predicted molar refractivity (Wildman–Crippen MR) is 105 cm³/mol. The monoisotopic (exact) mass is 360 g/mol. The van der Waals surface area contributed by atoms with Gasteiger partial charge >= 0.3 is 0 Å². The number of nitrogens with zero attached hydrogens (tertiary/aromatic N) is 3. The summed E-state index contributed by atoms with van der Waals surface area (Å²) in [5.74, 6) is 0.410. The lowest BCUT2D eigenvalue weighted by molar-refractivity contribution is 0.102. The van der Waals surface area contributed by atoms with Gasteiger partial charge in [-0.2, -0.15) is 5.10 Å². The van der Waals surface area contributed by atoms with Crippen molar-refractivity contribution in [2.24, 2.45) is 7.05 Å². The Hall–Kier alpha value is -3.41. The van der Waals surface area contributed by atoms with Crippen molar-refractivity contribution >= 4 is 22.6 Å². The van der Waals surface area contributed by atoms with E-state index < -0.39 is 0 Å². The van der Waals surface area contributed by atoms with Crippen LogP contribution in [0.1, 0.15) is 28.5 Å². The highest BCUT2D eigenvalue weighted by atomic mass is 16.3. The van der Waals surface area contributed by atoms with Crippen LogP contribution in [-0.2, 0) is 13.5 Å². The van der Waals surface area contributed by atoms with Crippen LogP contribution in [0.5, 0.6) is 0 Å². The van der Waals surface area contributed by atoms with Crippen molar-refractivity contribution in [2.75, 3.05) is 5.32 Å². The van der Waals surface area contributed by atoms with E-state index in [0.29, 0.717) is 22.7 Å². The third-order valence-corrected chi connectivity index (χ3v) is 4.61. The normalized spacial score (nSPS) is 11.1. The maximum Gasteiger partial charge on any atom is 0.256 e. The highest BCUT2D eigenvalue weighted by Gasteiger charge is 2.20. The first-order chi connectivity index (χ1) is 13.1. The van der Waals surface area contributed by atoms with Crippen LogP contribution < -0.4 is 5.32 Å². The van der Waals surface area contributed by atoms with E-state index in [9.17, 15) is 4.79 Å². The van der Waals surface area contributed by atoms with Crippen LogP contribution in [0.25, 0.3) is 22.5 Å². The summed E-state index contributed by atoms with van der Waals surface area (Å²) in [4.78, 5) is 17.7. The van der Waals surface area contributed by atoms with E-state index in [1.807, 2.05) is 44.3 Å². The molecule has 136 valence electrons. The van der Waals surface area contributed by atoms with Crippen molar-refractivity contribution in [1.29, 1.82) is 0 Å². The van der Waals surface area contributed by atoms with Crippen molar-refractivity contribution in [1.82, 2.24) is 14.8 Å². The minimum atomic E-state index is -0.199. The van der Waals surface area contributed by atoms with Crippen molar-refractivity contribution < 1.29 is 9.21 Å². The van der Waals surface area contributed by atoms with Gasteiger partial charge in [-0.05, 0) is 49.2 Å². The van der Waals surface area contributed by atoms with Gasteiger partial charge in [-0.15, -0.1) is 0 Å². The van der Waals surface area contributed by atoms with Crippen molar-refractivity contribution in [3.63, 3.8) is 0 Å². The Bertz CT molecular complexity index is 1110. The Morgan fingerprint density at radius 2 is 2.00 bits per heavy atom. The minimum Gasteiger partial charge on any atom is -0.463 e.